The van der Waals surface area contributed by atoms with Crippen molar-refractivity contribution in [3.05, 3.63) is 47.6 Å². The number of carbonyl (C=O) groups is 1. The second kappa shape index (κ2) is 6.91. The molecule has 0 bridgehead atoms. The molecule has 1 saturated heterocycles. The molecule has 6 nitrogen and oxygen atoms in total. The third-order valence-corrected chi connectivity index (χ3v) is 4.33. The van der Waals surface area contributed by atoms with Crippen LogP contribution in [0, 0.1) is 0 Å². The SMILES string of the molecule is CCc1noc([C@H](C)N2CCN(C(=O)c3ccccc3)CC2)n1. The molecule has 2 aromatic rings. The van der Waals surface area contributed by atoms with Gasteiger partial charge in [0.25, 0.3) is 5.91 Å². The summed E-state index contributed by atoms with van der Waals surface area (Å²) < 4.78 is 5.33. The fraction of sp³-hybridized carbons (Fsp3) is 0.471. The molecule has 0 radical (unpaired) electrons. The fourth-order valence-electron chi connectivity index (χ4n) is 2.81. The molecule has 6 heteroatoms. The normalized spacial score (nSPS) is 17.2. The second-order valence-electron chi connectivity index (χ2n) is 5.77. The number of amides is 1. The number of nitrogens with zero attached hydrogens (tertiary/aromatic N) is 4. The smallest absolute Gasteiger partial charge is 0.253 e. The Balaban J connectivity index is 1.58. The zero-order chi connectivity index (χ0) is 16.2. The van der Waals surface area contributed by atoms with Crippen molar-refractivity contribution in [1.82, 2.24) is 19.9 Å². The maximum Gasteiger partial charge on any atom is 0.253 e. The van der Waals surface area contributed by atoms with E-state index in [-0.39, 0.29) is 11.9 Å². The Hall–Kier alpha value is -2.21. The number of aryl methyl sites for hydroxylation is 1. The molecule has 1 atom stereocenters. The van der Waals surface area contributed by atoms with Crippen molar-refractivity contribution >= 4 is 5.91 Å². The summed E-state index contributed by atoms with van der Waals surface area (Å²) in [5.74, 6) is 1.50. The van der Waals surface area contributed by atoms with E-state index in [0.29, 0.717) is 19.0 Å². The molecule has 0 saturated carbocycles. The summed E-state index contributed by atoms with van der Waals surface area (Å²) in [4.78, 5) is 21.0. The van der Waals surface area contributed by atoms with E-state index in [2.05, 4.69) is 22.0 Å². The Kier molecular flexibility index (Phi) is 4.71. The van der Waals surface area contributed by atoms with E-state index in [1.165, 1.54) is 0 Å². The average molecular weight is 314 g/mol. The highest BCUT2D eigenvalue weighted by Gasteiger charge is 2.27. The zero-order valence-electron chi connectivity index (χ0n) is 13.6. The summed E-state index contributed by atoms with van der Waals surface area (Å²) >= 11 is 0. The molecule has 1 aliphatic rings. The zero-order valence-corrected chi connectivity index (χ0v) is 13.6. The van der Waals surface area contributed by atoms with E-state index >= 15 is 0 Å². The van der Waals surface area contributed by atoms with Crippen LogP contribution in [0.3, 0.4) is 0 Å². The van der Waals surface area contributed by atoms with Gasteiger partial charge >= 0.3 is 0 Å². The Morgan fingerprint density at radius 2 is 1.91 bits per heavy atom. The standard InChI is InChI=1S/C17H22N4O2/c1-3-15-18-16(23-19-15)13(2)20-9-11-21(12-10-20)17(22)14-7-5-4-6-8-14/h4-8,13H,3,9-12H2,1-2H3/t13-/m0/s1. The van der Waals surface area contributed by atoms with Gasteiger partial charge in [0.2, 0.25) is 5.89 Å². The van der Waals surface area contributed by atoms with Gasteiger partial charge in [0.05, 0.1) is 6.04 Å². The maximum atomic E-state index is 12.5. The van der Waals surface area contributed by atoms with Gasteiger partial charge in [0.15, 0.2) is 5.82 Å². The van der Waals surface area contributed by atoms with Crippen LogP contribution in [-0.4, -0.2) is 52.0 Å². The molecular formula is C17H22N4O2. The van der Waals surface area contributed by atoms with E-state index in [0.717, 1.165) is 30.9 Å². The van der Waals surface area contributed by atoms with E-state index in [9.17, 15) is 4.79 Å². The van der Waals surface area contributed by atoms with Crippen LogP contribution in [0.4, 0.5) is 0 Å². The Labute approximate surface area is 136 Å². The predicted octanol–water partition coefficient (Wildman–Crippen LogP) is 2.15. The second-order valence-corrected chi connectivity index (χ2v) is 5.77. The van der Waals surface area contributed by atoms with Crippen LogP contribution in [0.1, 0.15) is 42.0 Å². The first-order chi connectivity index (χ1) is 11.2. The highest BCUT2D eigenvalue weighted by molar-refractivity contribution is 5.94. The molecule has 1 amide bonds. The number of piperazine rings is 1. The van der Waals surface area contributed by atoms with Crippen molar-refractivity contribution < 1.29 is 9.32 Å². The van der Waals surface area contributed by atoms with Gasteiger partial charge in [0.1, 0.15) is 0 Å². The van der Waals surface area contributed by atoms with Crippen molar-refractivity contribution in [1.29, 1.82) is 0 Å². The Morgan fingerprint density at radius 3 is 2.52 bits per heavy atom. The van der Waals surface area contributed by atoms with Crippen LogP contribution < -0.4 is 0 Å². The van der Waals surface area contributed by atoms with E-state index in [4.69, 9.17) is 4.52 Å². The van der Waals surface area contributed by atoms with E-state index in [1.54, 1.807) is 0 Å². The number of carbonyl (C=O) groups excluding carboxylic acids is 1. The monoisotopic (exact) mass is 314 g/mol. The molecule has 23 heavy (non-hydrogen) atoms. The Morgan fingerprint density at radius 1 is 1.22 bits per heavy atom. The number of benzene rings is 1. The van der Waals surface area contributed by atoms with E-state index < -0.39 is 0 Å². The van der Waals surface area contributed by atoms with Crippen LogP contribution >= 0.6 is 0 Å². The van der Waals surface area contributed by atoms with Crippen LogP contribution in [0.25, 0.3) is 0 Å². The van der Waals surface area contributed by atoms with Gasteiger partial charge in [-0.1, -0.05) is 30.3 Å². The van der Waals surface area contributed by atoms with Crippen molar-refractivity contribution in [2.24, 2.45) is 0 Å². The van der Waals surface area contributed by atoms with Gasteiger partial charge in [-0.15, -0.1) is 0 Å². The van der Waals surface area contributed by atoms with Gasteiger partial charge in [-0.05, 0) is 19.1 Å². The first-order valence-electron chi connectivity index (χ1n) is 8.10. The largest absolute Gasteiger partial charge is 0.338 e. The van der Waals surface area contributed by atoms with Crippen molar-refractivity contribution in [3.63, 3.8) is 0 Å². The molecule has 0 spiro atoms. The van der Waals surface area contributed by atoms with Crippen LogP contribution in [0.15, 0.2) is 34.9 Å². The molecule has 2 heterocycles. The van der Waals surface area contributed by atoms with Crippen LogP contribution in [0.5, 0.6) is 0 Å². The molecule has 1 aliphatic heterocycles. The minimum Gasteiger partial charge on any atom is -0.338 e. The lowest BCUT2D eigenvalue weighted by atomic mass is 10.1. The highest BCUT2D eigenvalue weighted by Crippen LogP contribution is 2.20. The number of aromatic nitrogens is 2. The van der Waals surface area contributed by atoms with Gasteiger partial charge in [0, 0.05) is 38.2 Å². The van der Waals surface area contributed by atoms with Gasteiger partial charge in [-0.25, -0.2) is 0 Å². The van der Waals surface area contributed by atoms with Gasteiger partial charge < -0.3 is 9.42 Å². The summed E-state index contributed by atoms with van der Waals surface area (Å²) in [5, 5.41) is 3.96. The maximum absolute atomic E-state index is 12.5. The quantitative estimate of drug-likeness (QED) is 0.865. The summed E-state index contributed by atoms with van der Waals surface area (Å²) in [6, 6.07) is 9.52. The first-order valence-corrected chi connectivity index (χ1v) is 8.10. The van der Waals surface area contributed by atoms with Crippen molar-refractivity contribution in [3.8, 4) is 0 Å². The first kappa shape index (κ1) is 15.7. The lowest BCUT2D eigenvalue weighted by Crippen LogP contribution is -2.49. The average Bonchev–Trinajstić information content (AvgIpc) is 3.10. The molecule has 0 aliphatic carbocycles. The number of hydrogen-bond donors (Lipinski definition) is 0. The highest BCUT2D eigenvalue weighted by atomic mass is 16.5. The summed E-state index contributed by atoms with van der Waals surface area (Å²) in [5.41, 5.74) is 0.749. The molecule has 1 aromatic heterocycles. The fourth-order valence-corrected chi connectivity index (χ4v) is 2.81. The number of hydrogen-bond acceptors (Lipinski definition) is 5. The third-order valence-electron chi connectivity index (χ3n) is 4.33. The van der Waals surface area contributed by atoms with Crippen LogP contribution in [-0.2, 0) is 6.42 Å². The molecule has 1 aromatic carbocycles. The Bertz CT molecular complexity index is 648. The topological polar surface area (TPSA) is 62.5 Å². The molecule has 1 fully saturated rings. The molecule has 0 unspecified atom stereocenters. The van der Waals surface area contributed by atoms with Gasteiger partial charge in [-0.2, -0.15) is 4.98 Å². The minimum absolute atomic E-state index is 0.0803. The lowest BCUT2D eigenvalue weighted by molar-refractivity contribution is 0.0551. The molecule has 122 valence electrons. The minimum atomic E-state index is 0.0803. The lowest BCUT2D eigenvalue weighted by Gasteiger charge is -2.36. The molecule has 0 N–H and O–H groups in total. The predicted molar refractivity (Wildman–Crippen MR) is 86.0 cm³/mol. The molecule has 3 rings (SSSR count). The summed E-state index contributed by atoms with van der Waals surface area (Å²) in [7, 11) is 0. The van der Waals surface area contributed by atoms with Crippen molar-refractivity contribution in [2.45, 2.75) is 26.3 Å². The number of rotatable bonds is 4. The molecular weight excluding hydrogens is 292 g/mol. The van der Waals surface area contributed by atoms with Crippen LogP contribution in [0.2, 0.25) is 0 Å². The third kappa shape index (κ3) is 3.42. The summed E-state index contributed by atoms with van der Waals surface area (Å²) in [6.45, 7) is 7.13. The van der Waals surface area contributed by atoms with E-state index in [1.807, 2.05) is 42.2 Å². The summed E-state index contributed by atoms with van der Waals surface area (Å²) in [6.07, 6.45) is 0.773. The van der Waals surface area contributed by atoms with Crippen molar-refractivity contribution in [2.75, 3.05) is 26.2 Å². The van der Waals surface area contributed by atoms with Gasteiger partial charge in [-0.3, -0.25) is 9.69 Å².